The first-order valence-electron chi connectivity index (χ1n) is 17.9. The fourth-order valence-corrected chi connectivity index (χ4v) is 6.61. The van der Waals surface area contributed by atoms with Crippen LogP contribution in [0.4, 0.5) is 4.39 Å². The Labute approximate surface area is 348 Å². The highest BCUT2D eigenvalue weighted by molar-refractivity contribution is 6.36. The summed E-state index contributed by atoms with van der Waals surface area (Å²) in [7, 11) is 0. The van der Waals surface area contributed by atoms with Crippen molar-refractivity contribution in [2.75, 3.05) is 6.61 Å². The average Bonchev–Trinajstić information content (AvgIpc) is 3.92. The molecule has 6 aromatic rings. The third-order valence-corrected chi connectivity index (χ3v) is 9.55. The minimum atomic E-state index is -1.56. The Kier molecular flexibility index (Phi) is 12.5. The summed E-state index contributed by atoms with van der Waals surface area (Å²) in [4.78, 5) is 83.1. The molecule has 7 rings (SSSR count). The van der Waals surface area contributed by atoms with E-state index in [1.807, 2.05) is 31.2 Å². The van der Waals surface area contributed by atoms with Crippen molar-refractivity contribution in [3.63, 3.8) is 0 Å². The zero-order valence-corrected chi connectivity index (χ0v) is 32.6. The molecule has 3 aromatic carbocycles. The van der Waals surface area contributed by atoms with Crippen LogP contribution in [0.15, 0.2) is 124 Å². The molecule has 0 aliphatic carbocycles. The molecular formula is C42H30Cl2FN3O12. The van der Waals surface area contributed by atoms with Gasteiger partial charge in [-0.3, -0.25) is 14.2 Å². The van der Waals surface area contributed by atoms with Gasteiger partial charge in [-0.25, -0.2) is 19.2 Å². The van der Waals surface area contributed by atoms with Gasteiger partial charge in [-0.2, -0.15) is 13.9 Å². The zero-order valence-electron chi connectivity index (χ0n) is 31.1. The van der Waals surface area contributed by atoms with Crippen LogP contribution in [0.25, 0.3) is 0 Å². The fourth-order valence-electron chi connectivity index (χ4n) is 6.13. The van der Waals surface area contributed by atoms with Crippen LogP contribution in [0.1, 0.15) is 65.4 Å². The van der Waals surface area contributed by atoms with Crippen LogP contribution in [0.5, 0.6) is 11.8 Å². The number of carbonyl (C=O) groups is 4. The largest absolute Gasteiger partial charge is 0.457 e. The number of rotatable bonds is 12. The van der Waals surface area contributed by atoms with Crippen LogP contribution in [0, 0.1) is 12.7 Å². The summed E-state index contributed by atoms with van der Waals surface area (Å²) in [5, 5.41) is 0.347. The lowest BCUT2D eigenvalue weighted by Gasteiger charge is -2.19. The molecule has 4 heterocycles. The Morgan fingerprint density at radius 1 is 0.850 bits per heavy atom. The molecule has 0 bridgehead atoms. The predicted molar refractivity (Wildman–Crippen MR) is 209 cm³/mol. The predicted octanol–water partition coefficient (Wildman–Crippen LogP) is 6.61. The lowest BCUT2D eigenvalue weighted by molar-refractivity contribution is -0.0715. The van der Waals surface area contributed by atoms with Crippen molar-refractivity contribution in [3.8, 4) is 11.8 Å². The van der Waals surface area contributed by atoms with Crippen molar-refractivity contribution in [1.29, 1.82) is 0 Å². The average molecular weight is 859 g/mol. The van der Waals surface area contributed by atoms with Gasteiger partial charge in [0.25, 0.3) is 11.5 Å². The third kappa shape index (κ3) is 9.43. The summed E-state index contributed by atoms with van der Waals surface area (Å²) >= 11 is 12.0. The quantitative estimate of drug-likeness (QED) is 0.120. The second-order valence-electron chi connectivity index (χ2n) is 13.2. The van der Waals surface area contributed by atoms with E-state index < -0.39 is 59.3 Å². The van der Waals surface area contributed by atoms with E-state index >= 15 is 4.39 Å². The van der Waals surface area contributed by atoms with Crippen LogP contribution in [0.3, 0.4) is 0 Å². The molecule has 1 aliphatic rings. The van der Waals surface area contributed by atoms with Gasteiger partial charge < -0.3 is 28.1 Å². The second-order valence-corrected chi connectivity index (χ2v) is 14.0. The molecule has 15 nitrogen and oxygen atoms in total. The summed E-state index contributed by atoms with van der Waals surface area (Å²) in [5.74, 6) is -5.99. The molecule has 306 valence electrons. The number of carbonyl (C=O) groups excluding carboxylic acids is 4. The van der Waals surface area contributed by atoms with Gasteiger partial charge in [-0.15, -0.1) is 0 Å². The Morgan fingerprint density at radius 2 is 1.58 bits per heavy atom. The second kappa shape index (κ2) is 18.0. The number of halogens is 3. The van der Waals surface area contributed by atoms with E-state index in [0.29, 0.717) is 11.2 Å². The van der Waals surface area contributed by atoms with E-state index in [9.17, 15) is 28.8 Å². The van der Waals surface area contributed by atoms with Gasteiger partial charge in [0, 0.05) is 29.1 Å². The maximum atomic E-state index is 15.3. The monoisotopic (exact) mass is 857 g/mol. The zero-order chi connectivity index (χ0) is 42.5. The van der Waals surface area contributed by atoms with Crippen LogP contribution in [-0.2, 0) is 20.8 Å². The highest BCUT2D eigenvalue weighted by Gasteiger charge is 2.39. The maximum Gasteiger partial charge on any atom is 0.374 e. The van der Waals surface area contributed by atoms with E-state index in [1.165, 1.54) is 73.0 Å². The standard InChI is InChI=1S/C42H30Cl2FN3O12/c1-23-6-2-7-24(16-23)21-56-32-19-36(58-33(32)22-57-41(53)31-10-5-15-55-31)47-20-30(45)38(50)48(42(47)54)37(49)25-8-3-9-26(17-25)39(51)59-34-11-4-12-35(46-34)60-40(52)28-14-13-27(43)18-29(28)44/h2-18,20,32-33,36H,19,21-22H2,1H3/t32-,33+,36+/m0/s1. The number of pyridine rings is 1. The molecule has 0 spiro atoms. The lowest BCUT2D eigenvalue weighted by atomic mass is 10.1. The third-order valence-electron chi connectivity index (χ3n) is 9.00. The number of hydrogen-bond donors (Lipinski definition) is 0. The number of aromatic nitrogens is 3. The first kappa shape index (κ1) is 41.4. The highest BCUT2D eigenvalue weighted by Crippen LogP contribution is 2.31. The molecule has 1 aliphatic heterocycles. The molecule has 0 N–H and O–H groups in total. The van der Waals surface area contributed by atoms with Crippen molar-refractivity contribution in [3.05, 3.63) is 180 Å². The van der Waals surface area contributed by atoms with Crippen molar-refractivity contribution >= 4 is 47.0 Å². The number of esters is 3. The van der Waals surface area contributed by atoms with E-state index in [1.54, 1.807) is 0 Å². The smallest absolute Gasteiger partial charge is 0.374 e. The Hall–Kier alpha value is -6.72. The minimum Gasteiger partial charge on any atom is -0.457 e. The summed E-state index contributed by atoms with van der Waals surface area (Å²) in [5.41, 5.74) is -1.57. The normalized spacial score (nSPS) is 16.0. The first-order chi connectivity index (χ1) is 28.8. The maximum absolute atomic E-state index is 15.3. The number of nitrogens with zero attached hydrogens (tertiary/aromatic N) is 3. The number of furan rings is 1. The Morgan fingerprint density at radius 3 is 2.32 bits per heavy atom. The van der Waals surface area contributed by atoms with Crippen LogP contribution >= 0.6 is 23.2 Å². The van der Waals surface area contributed by atoms with Crippen molar-refractivity contribution < 1.29 is 51.7 Å². The van der Waals surface area contributed by atoms with Crippen molar-refractivity contribution in [2.24, 2.45) is 0 Å². The van der Waals surface area contributed by atoms with E-state index in [2.05, 4.69) is 4.98 Å². The van der Waals surface area contributed by atoms with Crippen molar-refractivity contribution in [1.82, 2.24) is 14.1 Å². The summed E-state index contributed by atoms with van der Waals surface area (Å²) in [6, 6.07) is 23.4. The number of benzene rings is 3. The topological polar surface area (TPSA) is 184 Å². The molecule has 1 fully saturated rings. The van der Waals surface area contributed by atoms with Gasteiger partial charge in [0.15, 0.2) is 0 Å². The van der Waals surface area contributed by atoms with Gasteiger partial charge in [-0.1, -0.05) is 65.2 Å². The Balaban J connectivity index is 1.09. The van der Waals surface area contributed by atoms with Gasteiger partial charge >= 0.3 is 23.6 Å². The van der Waals surface area contributed by atoms with Gasteiger partial charge in [0.2, 0.25) is 23.3 Å². The Bertz CT molecular complexity index is 2740. The molecule has 3 aromatic heterocycles. The van der Waals surface area contributed by atoms with Crippen LogP contribution in [-0.4, -0.2) is 56.7 Å². The van der Waals surface area contributed by atoms with Gasteiger partial charge in [0.1, 0.15) is 18.9 Å². The molecule has 0 radical (unpaired) electrons. The lowest BCUT2D eigenvalue weighted by Crippen LogP contribution is -2.46. The van der Waals surface area contributed by atoms with E-state index in [0.717, 1.165) is 21.8 Å². The SMILES string of the molecule is Cc1cccc(CO[C@H]2C[C@H](n3cc(F)c(=O)n(C(=O)c4cccc(C(=O)Oc5cccc(OC(=O)c6ccc(Cl)cc6Cl)n5)c4)c3=O)O[C@@H]2COC(=O)c2ccco2)c1. The molecule has 1 saturated heterocycles. The first-order valence-corrected chi connectivity index (χ1v) is 18.7. The number of hydrogen-bond acceptors (Lipinski definition) is 13. The summed E-state index contributed by atoms with van der Waals surface area (Å²) < 4.78 is 49.4. The molecular weight excluding hydrogens is 828 g/mol. The number of ether oxygens (including phenoxy) is 5. The summed E-state index contributed by atoms with van der Waals surface area (Å²) in [6.07, 6.45) is -1.23. The van der Waals surface area contributed by atoms with Crippen LogP contribution < -0.4 is 20.7 Å². The molecule has 60 heavy (non-hydrogen) atoms. The highest BCUT2D eigenvalue weighted by atomic mass is 35.5. The molecule has 0 unspecified atom stereocenters. The number of aryl methyl sites for hydroxylation is 1. The minimum absolute atomic E-state index is 0.00677. The summed E-state index contributed by atoms with van der Waals surface area (Å²) in [6.45, 7) is 1.67. The van der Waals surface area contributed by atoms with Gasteiger partial charge in [0.05, 0.1) is 41.3 Å². The molecule has 0 amide bonds. The molecule has 0 saturated carbocycles. The van der Waals surface area contributed by atoms with E-state index in [-0.39, 0.29) is 63.4 Å². The van der Waals surface area contributed by atoms with Gasteiger partial charge in [-0.05, 0) is 61.0 Å². The molecule has 3 atom stereocenters. The van der Waals surface area contributed by atoms with Crippen LogP contribution in [0.2, 0.25) is 10.0 Å². The van der Waals surface area contributed by atoms with Crippen molar-refractivity contribution in [2.45, 2.75) is 38.4 Å². The molecule has 18 heteroatoms. The fraction of sp³-hybridized carbons (Fsp3) is 0.167. The van der Waals surface area contributed by atoms with E-state index in [4.69, 9.17) is 51.3 Å².